The van der Waals surface area contributed by atoms with Crippen molar-refractivity contribution in [3.8, 4) is 5.88 Å². The molecule has 2 aliphatic rings. The number of morpholine rings is 2. The second-order valence-electron chi connectivity index (χ2n) is 8.48. The number of aromatic nitrogens is 3. The molecule has 36 heavy (non-hydrogen) atoms. The first-order chi connectivity index (χ1) is 17.5. The molecule has 0 radical (unpaired) electrons. The van der Waals surface area contributed by atoms with Crippen molar-refractivity contribution in [2.45, 2.75) is 0 Å². The van der Waals surface area contributed by atoms with E-state index in [2.05, 4.69) is 25.5 Å². The van der Waals surface area contributed by atoms with Crippen LogP contribution in [0.3, 0.4) is 0 Å². The zero-order chi connectivity index (χ0) is 24.9. The lowest BCUT2D eigenvalue weighted by Crippen LogP contribution is -2.39. The molecule has 192 valence electrons. The smallest absolute Gasteiger partial charge is 0.419 e. The maximum Gasteiger partial charge on any atom is 0.419 e. The minimum atomic E-state index is -0.501. The first-order valence-electron chi connectivity index (χ1n) is 11.9. The van der Waals surface area contributed by atoms with Crippen LogP contribution in [0.4, 0.5) is 22.2 Å². The number of urea groups is 1. The number of hydrogen-bond acceptors (Lipinski definition) is 10. The number of amides is 2. The highest BCUT2D eigenvalue weighted by atomic mass is 16.5. The fourth-order valence-electron chi connectivity index (χ4n) is 4.05. The summed E-state index contributed by atoms with van der Waals surface area (Å²) >= 11 is 0. The summed E-state index contributed by atoms with van der Waals surface area (Å²) in [7, 11) is 1.62. The van der Waals surface area contributed by atoms with Gasteiger partial charge >= 0.3 is 11.8 Å². The van der Waals surface area contributed by atoms with Crippen molar-refractivity contribution in [3.63, 3.8) is 0 Å². The summed E-state index contributed by atoms with van der Waals surface area (Å²) in [5.41, 5.74) is 1.49. The number of anilines is 3. The lowest BCUT2D eigenvalue weighted by atomic mass is 10.3. The summed E-state index contributed by atoms with van der Waals surface area (Å²) in [6.07, 6.45) is 0. The first-order valence-corrected chi connectivity index (χ1v) is 11.9. The molecular weight excluding hydrogens is 470 g/mol. The van der Waals surface area contributed by atoms with Gasteiger partial charge in [0.15, 0.2) is 5.58 Å². The normalized spacial score (nSPS) is 16.8. The number of carbonyl (C=O) groups excluding carboxylic acids is 1. The number of benzene rings is 1. The average Bonchev–Trinajstić information content (AvgIpc) is 3.17. The van der Waals surface area contributed by atoms with Crippen LogP contribution in [-0.4, -0.2) is 91.2 Å². The zero-order valence-corrected chi connectivity index (χ0v) is 20.1. The molecule has 2 saturated heterocycles. The Morgan fingerprint density at radius 2 is 1.78 bits per heavy atom. The van der Waals surface area contributed by atoms with E-state index in [0.29, 0.717) is 67.3 Å². The molecule has 1 aromatic carbocycles. The van der Waals surface area contributed by atoms with Crippen LogP contribution >= 0.6 is 0 Å². The second kappa shape index (κ2) is 10.9. The van der Waals surface area contributed by atoms with E-state index in [4.69, 9.17) is 18.6 Å². The largest absolute Gasteiger partial charge is 0.476 e. The van der Waals surface area contributed by atoms with E-state index in [9.17, 15) is 9.59 Å². The molecule has 0 spiro atoms. The third kappa shape index (κ3) is 5.75. The molecule has 13 nitrogen and oxygen atoms in total. The molecule has 2 amide bonds. The van der Waals surface area contributed by atoms with Crippen LogP contribution in [0.5, 0.6) is 5.88 Å². The van der Waals surface area contributed by atoms with Crippen LogP contribution in [0.1, 0.15) is 0 Å². The molecule has 0 saturated carbocycles. The van der Waals surface area contributed by atoms with Crippen LogP contribution in [-0.2, 0) is 16.5 Å². The van der Waals surface area contributed by atoms with Gasteiger partial charge in [-0.1, -0.05) is 0 Å². The zero-order valence-electron chi connectivity index (χ0n) is 20.1. The Balaban J connectivity index is 1.28. The third-order valence-electron chi connectivity index (χ3n) is 6.04. The van der Waals surface area contributed by atoms with Crippen molar-refractivity contribution in [1.82, 2.24) is 19.4 Å². The number of nitrogens with zero attached hydrogens (tertiary/aromatic N) is 5. The highest BCUT2D eigenvalue weighted by molar-refractivity contribution is 6.00. The molecule has 0 unspecified atom stereocenters. The van der Waals surface area contributed by atoms with Crippen LogP contribution in [0, 0.1) is 0 Å². The number of oxazole rings is 1. The van der Waals surface area contributed by atoms with Gasteiger partial charge in [-0.3, -0.25) is 14.8 Å². The van der Waals surface area contributed by atoms with Gasteiger partial charge in [-0.15, -0.1) is 0 Å². The molecule has 5 rings (SSSR count). The van der Waals surface area contributed by atoms with E-state index in [1.807, 2.05) is 4.90 Å². The Labute approximate surface area is 206 Å². The third-order valence-corrected chi connectivity index (χ3v) is 6.04. The molecule has 2 N–H and O–H groups in total. The highest BCUT2D eigenvalue weighted by Gasteiger charge is 2.18. The van der Waals surface area contributed by atoms with Gasteiger partial charge in [0.05, 0.1) is 31.9 Å². The van der Waals surface area contributed by atoms with Gasteiger partial charge in [0.2, 0.25) is 11.8 Å². The van der Waals surface area contributed by atoms with E-state index in [-0.39, 0.29) is 0 Å². The summed E-state index contributed by atoms with van der Waals surface area (Å²) in [5.74, 6) is 0.676. The summed E-state index contributed by atoms with van der Waals surface area (Å²) in [5, 5.41) is 5.49. The maximum absolute atomic E-state index is 12.7. The molecule has 2 fully saturated rings. The van der Waals surface area contributed by atoms with Gasteiger partial charge in [-0.05, 0) is 12.1 Å². The van der Waals surface area contributed by atoms with Gasteiger partial charge in [0.25, 0.3) is 0 Å². The summed E-state index contributed by atoms with van der Waals surface area (Å²) in [4.78, 5) is 37.8. The van der Waals surface area contributed by atoms with Crippen LogP contribution in [0.2, 0.25) is 0 Å². The molecule has 0 atom stereocenters. The molecular formula is C23H29N7O6. The predicted octanol–water partition coefficient (Wildman–Crippen LogP) is 1.11. The molecule has 2 aromatic heterocycles. The van der Waals surface area contributed by atoms with Crippen molar-refractivity contribution >= 4 is 34.6 Å². The van der Waals surface area contributed by atoms with E-state index in [1.54, 1.807) is 31.3 Å². The Hall–Kier alpha value is -3.68. The van der Waals surface area contributed by atoms with Gasteiger partial charge in [0, 0.05) is 57.6 Å². The lowest BCUT2D eigenvalue weighted by Gasteiger charge is -2.28. The minimum Gasteiger partial charge on any atom is -0.476 e. The van der Waals surface area contributed by atoms with E-state index in [0.717, 1.165) is 32.8 Å². The summed E-state index contributed by atoms with van der Waals surface area (Å²) < 4.78 is 23.3. The van der Waals surface area contributed by atoms with Crippen LogP contribution < -0.4 is 26.0 Å². The Bertz CT molecular complexity index is 1260. The fourth-order valence-corrected chi connectivity index (χ4v) is 4.05. The van der Waals surface area contributed by atoms with Gasteiger partial charge < -0.3 is 28.8 Å². The average molecular weight is 500 g/mol. The van der Waals surface area contributed by atoms with Crippen molar-refractivity contribution in [3.05, 3.63) is 34.8 Å². The summed E-state index contributed by atoms with van der Waals surface area (Å²) in [6, 6.07) is 6.09. The van der Waals surface area contributed by atoms with Crippen molar-refractivity contribution < 1.29 is 23.4 Å². The predicted molar refractivity (Wildman–Crippen MR) is 132 cm³/mol. The topological polar surface area (TPSA) is 136 Å². The number of fused-ring (bicyclic) bond motifs is 1. The first kappa shape index (κ1) is 24.0. The summed E-state index contributed by atoms with van der Waals surface area (Å²) in [6.45, 7) is 6.84. The standard InChI is InChI=1S/C23H29N7O6/c1-28-17-3-2-16(14-18(17)36-23(28)32)24-22(31)26-19-15-20(35-13-6-29-4-9-33-10-5-29)27-21(25-19)30-7-11-34-12-8-30/h2-3,14-15H,4-13H2,1H3,(H2,24,25,26,27,31). The van der Waals surface area contributed by atoms with E-state index < -0.39 is 11.8 Å². The quantitative estimate of drug-likeness (QED) is 0.486. The SMILES string of the molecule is Cn1c(=O)oc2cc(NC(=O)Nc3cc(OCCN4CCOCC4)nc(N4CCOCC4)n3)ccc21. The van der Waals surface area contributed by atoms with Crippen molar-refractivity contribution in [2.75, 3.05) is 81.3 Å². The molecule has 2 aliphatic heterocycles. The van der Waals surface area contributed by atoms with Gasteiger partial charge in [-0.25, -0.2) is 9.59 Å². The van der Waals surface area contributed by atoms with Crippen molar-refractivity contribution in [1.29, 1.82) is 0 Å². The Kier molecular flexibility index (Phi) is 7.30. The number of aryl methyl sites for hydroxylation is 1. The second-order valence-corrected chi connectivity index (χ2v) is 8.48. The van der Waals surface area contributed by atoms with Crippen LogP contribution in [0.25, 0.3) is 11.1 Å². The number of nitrogens with one attached hydrogen (secondary N) is 2. The highest BCUT2D eigenvalue weighted by Crippen LogP contribution is 2.21. The van der Waals surface area contributed by atoms with Gasteiger partial charge in [-0.2, -0.15) is 9.97 Å². The lowest BCUT2D eigenvalue weighted by molar-refractivity contribution is 0.0320. The Morgan fingerprint density at radius 1 is 1.03 bits per heavy atom. The molecule has 0 aliphatic carbocycles. The maximum atomic E-state index is 12.7. The van der Waals surface area contributed by atoms with E-state index in [1.165, 1.54) is 4.57 Å². The molecule has 4 heterocycles. The molecule has 3 aromatic rings. The molecule has 13 heteroatoms. The van der Waals surface area contributed by atoms with E-state index >= 15 is 0 Å². The number of hydrogen-bond donors (Lipinski definition) is 2. The monoisotopic (exact) mass is 499 g/mol. The minimum absolute atomic E-state index is 0.303. The fraction of sp³-hybridized carbons (Fsp3) is 0.478. The van der Waals surface area contributed by atoms with Crippen molar-refractivity contribution in [2.24, 2.45) is 7.05 Å². The number of carbonyl (C=O) groups is 1. The van der Waals surface area contributed by atoms with Crippen LogP contribution in [0.15, 0.2) is 33.5 Å². The Morgan fingerprint density at radius 3 is 2.56 bits per heavy atom. The number of ether oxygens (including phenoxy) is 3. The number of rotatable bonds is 7. The molecule has 0 bridgehead atoms. The van der Waals surface area contributed by atoms with Gasteiger partial charge in [0.1, 0.15) is 12.4 Å².